The molecule has 0 N–H and O–H groups in total. The van der Waals surface area contributed by atoms with Gasteiger partial charge in [0.05, 0.1) is 0 Å². The lowest BCUT2D eigenvalue weighted by molar-refractivity contribution is 0.308. The molecule has 0 spiro atoms. The Labute approximate surface area is 246 Å². The van der Waals surface area contributed by atoms with E-state index in [4.69, 9.17) is 0 Å². The highest BCUT2D eigenvalue weighted by molar-refractivity contribution is 5.27. The molecule has 2 aliphatic carbocycles. The zero-order valence-corrected chi connectivity index (χ0v) is 25.2. The highest BCUT2D eigenvalue weighted by Gasteiger charge is 2.22. The van der Waals surface area contributed by atoms with E-state index in [-0.39, 0.29) is 0 Å². The van der Waals surface area contributed by atoms with E-state index in [9.17, 15) is 17.6 Å². The molecule has 0 saturated heterocycles. The van der Waals surface area contributed by atoms with Crippen LogP contribution < -0.4 is 0 Å². The first-order valence-electron chi connectivity index (χ1n) is 16.1. The van der Waals surface area contributed by atoms with Gasteiger partial charge in [-0.3, -0.25) is 0 Å². The van der Waals surface area contributed by atoms with Gasteiger partial charge in [0.25, 0.3) is 12.2 Å². The minimum Gasteiger partial charge on any atom is -0.174 e. The number of hydrogen-bond acceptors (Lipinski definition) is 0. The van der Waals surface area contributed by atoms with Crippen molar-refractivity contribution < 1.29 is 17.6 Å². The third-order valence-corrected chi connectivity index (χ3v) is 9.33. The summed E-state index contributed by atoms with van der Waals surface area (Å²) in [5.74, 6) is 3.27. The number of benzene rings is 2. The Morgan fingerprint density at radius 2 is 0.976 bits per heavy atom. The zero-order chi connectivity index (χ0) is 29.5. The molecule has 0 amide bonds. The molecule has 4 rings (SSSR count). The summed E-state index contributed by atoms with van der Waals surface area (Å²) in [5, 5.41) is 0. The van der Waals surface area contributed by atoms with Gasteiger partial charge in [0.1, 0.15) is 0 Å². The molecule has 0 bridgehead atoms. The van der Waals surface area contributed by atoms with Crippen molar-refractivity contribution in [3.05, 3.63) is 95.1 Å². The van der Waals surface area contributed by atoms with Gasteiger partial charge in [-0.15, -0.1) is 0 Å². The lowest BCUT2D eigenvalue weighted by Crippen LogP contribution is -2.13. The minimum atomic E-state index is -1.57. The average molecular weight is 571 g/mol. The van der Waals surface area contributed by atoms with E-state index in [1.807, 2.05) is 0 Å². The minimum absolute atomic E-state index is 0.420. The maximum Gasteiger partial charge on any atom is 0.266 e. The molecule has 2 fully saturated rings. The van der Waals surface area contributed by atoms with Crippen LogP contribution in [0.5, 0.6) is 0 Å². The van der Waals surface area contributed by atoms with Crippen LogP contribution in [0.3, 0.4) is 0 Å². The molecule has 0 radical (unpaired) electrons. The fourth-order valence-electron chi connectivity index (χ4n) is 6.71. The van der Waals surface area contributed by atoms with Crippen LogP contribution in [0.15, 0.2) is 72.8 Å². The summed E-state index contributed by atoms with van der Waals surface area (Å²) in [4.78, 5) is 0. The summed E-state index contributed by atoms with van der Waals surface area (Å²) in [6.07, 6.45) is 15.7. The molecule has 0 aliphatic heterocycles. The van der Waals surface area contributed by atoms with Crippen molar-refractivity contribution in [2.75, 3.05) is 0 Å². The van der Waals surface area contributed by atoms with Gasteiger partial charge in [-0.2, -0.15) is 17.6 Å². The number of aryl methyl sites for hydroxylation is 2. The third kappa shape index (κ3) is 12.2. The quantitative estimate of drug-likeness (QED) is 0.236. The maximum atomic E-state index is 12.0. The van der Waals surface area contributed by atoms with Gasteiger partial charge < -0.3 is 0 Å². The van der Waals surface area contributed by atoms with E-state index in [1.54, 1.807) is 0 Å². The lowest BCUT2D eigenvalue weighted by atomic mass is 9.77. The predicted molar refractivity (Wildman–Crippen MR) is 165 cm³/mol. The molecule has 0 atom stereocenters. The molecular formula is C37H50F4. The fraction of sp³-hybridized carbons (Fsp3) is 0.568. The maximum absolute atomic E-state index is 12.0. The zero-order valence-electron chi connectivity index (χ0n) is 25.2. The Bertz CT molecular complexity index is 1030. The van der Waals surface area contributed by atoms with Crippen molar-refractivity contribution >= 4 is 0 Å². The summed E-state index contributed by atoms with van der Waals surface area (Å²) < 4.78 is 47.9. The van der Waals surface area contributed by atoms with Crippen LogP contribution in [0.25, 0.3) is 0 Å². The van der Waals surface area contributed by atoms with Crippen LogP contribution >= 0.6 is 0 Å². The number of allylic oxidation sites excluding steroid dienone is 2. The van der Waals surface area contributed by atoms with Crippen LogP contribution in [-0.2, 0) is 12.8 Å². The molecule has 2 aliphatic rings. The highest BCUT2D eigenvalue weighted by Crippen LogP contribution is 2.38. The van der Waals surface area contributed by atoms with Crippen molar-refractivity contribution in [2.24, 2.45) is 11.8 Å². The lowest BCUT2D eigenvalue weighted by Gasteiger charge is -2.28. The molecule has 0 unspecified atom stereocenters. The topological polar surface area (TPSA) is 0 Å². The standard InChI is InChI=1S/C19H26F2.C18H24F2/c1-2-4-15-7-11-17(12-8-15)18-13-9-16(10-14-18)5-3-6-19(20)21;1-2-14-6-10-16(11-7-14)17-12-8-15(9-13-17)4-3-5-18(19)20/h6,9-10,13-15,17H,2-5,7-8,11-12H2,1H3;5,8-9,12-14,16H,2-4,6-7,10-11H2,1H3. The molecule has 2 aromatic carbocycles. The Morgan fingerprint density at radius 3 is 1.32 bits per heavy atom. The predicted octanol–water partition coefficient (Wildman–Crippen LogP) is 12.6. The van der Waals surface area contributed by atoms with E-state index < -0.39 is 12.2 Å². The van der Waals surface area contributed by atoms with Gasteiger partial charge in [-0.1, -0.05) is 81.6 Å². The SMILES string of the molecule is CCC1CCC(c2ccc(CCC=C(F)F)cc2)CC1.CCCC1CCC(c2ccc(CCC=C(F)F)cc2)CC1. The van der Waals surface area contributed by atoms with Crippen LogP contribution in [-0.4, -0.2) is 0 Å². The first-order chi connectivity index (χ1) is 19.9. The van der Waals surface area contributed by atoms with Crippen molar-refractivity contribution in [1.82, 2.24) is 0 Å². The van der Waals surface area contributed by atoms with Gasteiger partial charge in [-0.05, 0) is 135 Å². The number of halogens is 4. The van der Waals surface area contributed by atoms with Crippen molar-refractivity contribution in [3.8, 4) is 0 Å². The second-order valence-corrected chi connectivity index (χ2v) is 12.2. The van der Waals surface area contributed by atoms with Gasteiger partial charge >= 0.3 is 0 Å². The van der Waals surface area contributed by atoms with E-state index in [2.05, 4.69) is 62.4 Å². The summed E-state index contributed by atoms with van der Waals surface area (Å²) in [7, 11) is 0. The van der Waals surface area contributed by atoms with Gasteiger partial charge in [-0.25, -0.2) is 0 Å². The van der Waals surface area contributed by atoms with Crippen LogP contribution in [0.4, 0.5) is 17.6 Å². The van der Waals surface area contributed by atoms with Gasteiger partial charge in [0, 0.05) is 0 Å². The van der Waals surface area contributed by atoms with E-state index in [1.165, 1.54) is 81.8 Å². The van der Waals surface area contributed by atoms with Crippen molar-refractivity contribution in [1.29, 1.82) is 0 Å². The number of hydrogen-bond donors (Lipinski definition) is 0. The van der Waals surface area contributed by atoms with Crippen LogP contribution in [0.2, 0.25) is 0 Å². The van der Waals surface area contributed by atoms with Crippen LogP contribution in [0.1, 0.15) is 131 Å². The Morgan fingerprint density at radius 1 is 0.585 bits per heavy atom. The van der Waals surface area contributed by atoms with E-state index in [0.29, 0.717) is 37.5 Å². The second kappa shape index (κ2) is 18.2. The third-order valence-electron chi connectivity index (χ3n) is 9.33. The molecular weight excluding hydrogens is 520 g/mol. The van der Waals surface area contributed by atoms with Crippen molar-refractivity contribution in [2.45, 2.75) is 122 Å². The molecule has 4 heteroatoms. The van der Waals surface area contributed by atoms with E-state index >= 15 is 0 Å². The second-order valence-electron chi connectivity index (χ2n) is 12.2. The fourth-order valence-corrected chi connectivity index (χ4v) is 6.71. The van der Waals surface area contributed by atoms with Gasteiger partial charge in [0.2, 0.25) is 0 Å². The first-order valence-corrected chi connectivity index (χ1v) is 16.1. The summed E-state index contributed by atoms with van der Waals surface area (Å²) >= 11 is 0. The molecule has 2 saturated carbocycles. The molecule has 0 nitrogen and oxygen atoms in total. The summed E-state index contributed by atoms with van der Waals surface area (Å²) in [6, 6.07) is 17.2. The Kier molecular flexibility index (Phi) is 14.7. The van der Waals surface area contributed by atoms with Gasteiger partial charge in [0.15, 0.2) is 0 Å². The molecule has 226 valence electrons. The molecule has 0 heterocycles. The molecule has 2 aromatic rings. The normalized spacial score (nSPS) is 22.3. The summed E-state index contributed by atoms with van der Waals surface area (Å²) in [5.41, 5.74) is 5.15. The summed E-state index contributed by atoms with van der Waals surface area (Å²) in [6.45, 7) is 4.56. The van der Waals surface area contributed by atoms with E-state index in [0.717, 1.165) is 35.1 Å². The molecule has 0 aromatic heterocycles. The van der Waals surface area contributed by atoms with Crippen LogP contribution in [0, 0.1) is 11.8 Å². The highest BCUT2D eigenvalue weighted by atomic mass is 19.3. The monoisotopic (exact) mass is 570 g/mol. The number of rotatable bonds is 11. The Balaban J connectivity index is 0.000000226. The Hall–Kier alpha value is -2.36. The largest absolute Gasteiger partial charge is 0.266 e. The average Bonchev–Trinajstić information content (AvgIpc) is 2.99. The first kappa shape index (κ1) is 33.1. The smallest absolute Gasteiger partial charge is 0.174 e. The molecule has 41 heavy (non-hydrogen) atoms. The van der Waals surface area contributed by atoms with Crippen molar-refractivity contribution in [3.63, 3.8) is 0 Å².